The Morgan fingerprint density at radius 3 is 2.48 bits per heavy atom. The van der Waals surface area contributed by atoms with Crippen LogP contribution < -0.4 is 11.2 Å². The smallest absolute Gasteiger partial charge is 0.338 e. The van der Waals surface area contributed by atoms with Gasteiger partial charge in [0.25, 0.3) is 5.56 Å². The summed E-state index contributed by atoms with van der Waals surface area (Å²) >= 11 is 0. The first-order valence-electron chi connectivity index (χ1n) is 9.95. The number of aliphatic hydroxyl groups is 1. The summed E-state index contributed by atoms with van der Waals surface area (Å²) < 4.78 is 12.3. The first-order valence-corrected chi connectivity index (χ1v) is 9.95. The fraction of sp³-hybridized carbons (Fsp3) is 0.261. The Hall–Kier alpha value is -3.49. The van der Waals surface area contributed by atoms with E-state index in [4.69, 9.17) is 9.47 Å². The minimum absolute atomic E-state index is 0.129. The highest BCUT2D eigenvalue weighted by atomic mass is 16.6. The highest BCUT2D eigenvalue weighted by Gasteiger charge is 2.36. The van der Waals surface area contributed by atoms with Crippen LogP contribution in [0.2, 0.25) is 0 Å². The molecule has 8 heteroatoms. The van der Waals surface area contributed by atoms with Crippen molar-refractivity contribution in [2.75, 3.05) is 6.61 Å². The predicted octanol–water partition coefficient (Wildman–Crippen LogP) is 1.63. The van der Waals surface area contributed by atoms with Gasteiger partial charge in [0, 0.05) is 24.6 Å². The Bertz CT molecular complexity index is 1160. The van der Waals surface area contributed by atoms with Gasteiger partial charge in [0.15, 0.2) is 0 Å². The number of rotatable bonds is 6. The van der Waals surface area contributed by atoms with Gasteiger partial charge in [-0.1, -0.05) is 48.5 Å². The zero-order valence-corrected chi connectivity index (χ0v) is 16.6. The van der Waals surface area contributed by atoms with Crippen LogP contribution in [0, 0.1) is 0 Å². The van der Waals surface area contributed by atoms with Gasteiger partial charge in [-0.05, 0) is 17.7 Å². The average molecular weight is 422 g/mol. The molecule has 2 heterocycles. The summed E-state index contributed by atoms with van der Waals surface area (Å²) in [7, 11) is 0. The predicted molar refractivity (Wildman–Crippen MR) is 112 cm³/mol. The third-order valence-corrected chi connectivity index (χ3v) is 5.18. The lowest BCUT2D eigenvalue weighted by atomic mass is 10.1. The van der Waals surface area contributed by atoms with Gasteiger partial charge in [0.2, 0.25) is 0 Å². The van der Waals surface area contributed by atoms with E-state index in [1.165, 1.54) is 10.8 Å². The SMILES string of the molecule is O=C(OC[C@H]1O[C@@H](n2cc(Cc3ccccc3)c(=O)[nH]c2=O)C[C@@H]1O)c1ccccc1. The van der Waals surface area contributed by atoms with Crippen LogP contribution in [0.25, 0.3) is 0 Å². The van der Waals surface area contributed by atoms with Crippen molar-refractivity contribution in [3.05, 3.63) is 104 Å². The molecule has 0 aliphatic carbocycles. The number of hydrogen-bond acceptors (Lipinski definition) is 6. The third kappa shape index (κ3) is 4.82. The number of benzene rings is 2. The number of carbonyl (C=O) groups is 1. The molecule has 31 heavy (non-hydrogen) atoms. The summed E-state index contributed by atoms with van der Waals surface area (Å²) in [5, 5.41) is 10.4. The first kappa shape index (κ1) is 20.8. The lowest BCUT2D eigenvalue weighted by Gasteiger charge is -2.17. The van der Waals surface area contributed by atoms with E-state index >= 15 is 0 Å². The maximum absolute atomic E-state index is 12.4. The lowest BCUT2D eigenvalue weighted by molar-refractivity contribution is -0.0532. The summed E-state index contributed by atoms with van der Waals surface area (Å²) in [6.07, 6.45) is -0.550. The monoisotopic (exact) mass is 422 g/mol. The van der Waals surface area contributed by atoms with E-state index in [2.05, 4.69) is 4.98 Å². The minimum Gasteiger partial charge on any atom is -0.459 e. The molecule has 8 nitrogen and oxygen atoms in total. The van der Waals surface area contributed by atoms with Crippen molar-refractivity contribution in [1.29, 1.82) is 0 Å². The topological polar surface area (TPSA) is 111 Å². The second kappa shape index (κ2) is 9.11. The third-order valence-electron chi connectivity index (χ3n) is 5.18. The van der Waals surface area contributed by atoms with Gasteiger partial charge in [-0.3, -0.25) is 14.3 Å². The van der Waals surface area contributed by atoms with E-state index in [0.717, 1.165) is 5.56 Å². The molecule has 0 unspecified atom stereocenters. The molecular weight excluding hydrogens is 400 g/mol. The van der Waals surface area contributed by atoms with E-state index < -0.39 is 35.7 Å². The zero-order valence-electron chi connectivity index (χ0n) is 16.6. The second-order valence-corrected chi connectivity index (χ2v) is 7.38. The quantitative estimate of drug-likeness (QED) is 0.585. The van der Waals surface area contributed by atoms with Crippen LogP contribution in [0.4, 0.5) is 0 Å². The molecular formula is C23H22N2O6. The maximum atomic E-state index is 12.4. The number of ether oxygens (including phenoxy) is 2. The number of nitrogens with zero attached hydrogens (tertiary/aromatic N) is 1. The Kier molecular flexibility index (Phi) is 6.11. The van der Waals surface area contributed by atoms with Gasteiger partial charge in [-0.2, -0.15) is 0 Å². The Morgan fingerprint density at radius 1 is 1.10 bits per heavy atom. The van der Waals surface area contributed by atoms with E-state index in [-0.39, 0.29) is 13.0 Å². The van der Waals surface area contributed by atoms with Gasteiger partial charge < -0.3 is 14.6 Å². The van der Waals surface area contributed by atoms with Crippen molar-refractivity contribution in [3.8, 4) is 0 Å². The van der Waals surface area contributed by atoms with E-state index in [9.17, 15) is 19.5 Å². The molecule has 0 spiro atoms. The van der Waals surface area contributed by atoms with Crippen molar-refractivity contribution in [2.45, 2.75) is 31.3 Å². The Morgan fingerprint density at radius 2 is 1.77 bits per heavy atom. The number of esters is 1. The fourth-order valence-corrected chi connectivity index (χ4v) is 3.53. The number of aromatic amines is 1. The summed E-state index contributed by atoms with van der Waals surface area (Å²) in [6.45, 7) is -0.152. The first-order chi connectivity index (χ1) is 15.0. The molecule has 0 saturated carbocycles. The van der Waals surface area contributed by atoms with Gasteiger partial charge in [0.05, 0.1) is 11.7 Å². The molecule has 0 amide bonds. The molecule has 3 aromatic rings. The molecule has 2 aromatic carbocycles. The van der Waals surface area contributed by atoms with Gasteiger partial charge >= 0.3 is 11.7 Å². The molecule has 1 saturated heterocycles. The number of H-pyrrole nitrogens is 1. The van der Waals surface area contributed by atoms with Gasteiger partial charge in [0.1, 0.15) is 18.9 Å². The number of hydrogen-bond donors (Lipinski definition) is 2. The van der Waals surface area contributed by atoms with Crippen molar-refractivity contribution < 1.29 is 19.4 Å². The van der Waals surface area contributed by atoms with Crippen molar-refractivity contribution in [2.24, 2.45) is 0 Å². The zero-order chi connectivity index (χ0) is 21.8. The van der Waals surface area contributed by atoms with Crippen molar-refractivity contribution in [3.63, 3.8) is 0 Å². The summed E-state index contributed by atoms with van der Waals surface area (Å²) in [5.41, 5.74) is 0.644. The van der Waals surface area contributed by atoms with Crippen molar-refractivity contribution in [1.82, 2.24) is 9.55 Å². The van der Waals surface area contributed by atoms with E-state index in [1.54, 1.807) is 30.3 Å². The van der Waals surface area contributed by atoms with Gasteiger partial charge in [-0.15, -0.1) is 0 Å². The molecule has 1 aromatic heterocycles. The van der Waals surface area contributed by atoms with Crippen LogP contribution in [0.5, 0.6) is 0 Å². The average Bonchev–Trinajstić information content (AvgIpc) is 3.15. The van der Waals surface area contributed by atoms with Crippen LogP contribution in [-0.2, 0) is 15.9 Å². The summed E-state index contributed by atoms with van der Waals surface area (Å²) in [6, 6.07) is 17.9. The largest absolute Gasteiger partial charge is 0.459 e. The molecule has 0 radical (unpaired) electrons. The van der Waals surface area contributed by atoms with Crippen LogP contribution in [0.3, 0.4) is 0 Å². The Balaban J connectivity index is 1.46. The number of aromatic nitrogens is 2. The number of carbonyl (C=O) groups excluding carboxylic acids is 1. The van der Waals surface area contributed by atoms with Crippen LogP contribution in [0.1, 0.15) is 34.1 Å². The van der Waals surface area contributed by atoms with Crippen molar-refractivity contribution >= 4 is 5.97 Å². The van der Waals surface area contributed by atoms with Crippen LogP contribution in [0.15, 0.2) is 76.4 Å². The van der Waals surface area contributed by atoms with Crippen LogP contribution in [-0.4, -0.2) is 39.4 Å². The Labute approximate surface area is 177 Å². The minimum atomic E-state index is -0.926. The number of aliphatic hydroxyl groups excluding tert-OH is 1. The molecule has 0 bridgehead atoms. The standard InChI is InChI=1S/C23H22N2O6/c26-18-12-20(31-19(18)14-30-22(28)16-9-5-2-6-10-16)25-13-17(21(27)24-23(25)29)11-15-7-3-1-4-8-15/h1-10,13,18-20,26H,11-12,14H2,(H,24,27,29)/t18-,19+,20+/m0/s1. The normalized spacial score (nSPS) is 20.5. The molecule has 4 rings (SSSR count). The van der Waals surface area contributed by atoms with E-state index in [0.29, 0.717) is 17.5 Å². The fourth-order valence-electron chi connectivity index (χ4n) is 3.53. The van der Waals surface area contributed by atoms with Gasteiger partial charge in [-0.25, -0.2) is 9.59 Å². The highest BCUT2D eigenvalue weighted by molar-refractivity contribution is 5.89. The lowest BCUT2D eigenvalue weighted by Crippen LogP contribution is -2.34. The second-order valence-electron chi connectivity index (χ2n) is 7.38. The molecule has 1 fully saturated rings. The van der Waals surface area contributed by atoms with E-state index in [1.807, 2.05) is 30.3 Å². The summed E-state index contributed by atoms with van der Waals surface area (Å²) in [4.78, 5) is 39.0. The molecule has 3 atom stereocenters. The maximum Gasteiger partial charge on any atom is 0.338 e. The summed E-state index contributed by atoms with van der Waals surface area (Å²) in [5.74, 6) is -0.522. The highest BCUT2D eigenvalue weighted by Crippen LogP contribution is 2.28. The molecule has 1 aliphatic rings. The number of nitrogens with one attached hydrogen (secondary N) is 1. The molecule has 1 aliphatic heterocycles. The molecule has 2 N–H and O–H groups in total. The van der Waals surface area contributed by atoms with Crippen LogP contribution >= 0.6 is 0 Å². The molecule has 160 valence electrons.